The molecule has 4 aromatic rings. The van der Waals surface area contributed by atoms with Crippen molar-refractivity contribution in [3.05, 3.63) is 76.2 Å². The molecule has 1 aliphatic rings. The monoisotopic (exact) mass is 483 g/mol. The fourth-order valence-corrected chi connectivity index (χ4v) is 6.57. The number of hydrogen-bond acceptors (Lipinski definition) is 7. The summed E-state index contributed by atoms with van der Waals surface area (Å²) in [7, 11) is -3.66. The summed E-state index contributed by atoms with van der Waals surface area (Å²) in [6.07, 6.45) is 2.68. The lowest BCUT2D eigenvalue weighted by Gasteiger charge is -2.25. The first kappa shape index (κ1) is 21.7. The van der Waals surface area contributed by atoms with Crippen LogP contribution in [0.5, 0.6) is 0 Å². The molecular weight excluding hydrogens is 462 g/mol. The summed E-state index contributed by atoms with van der Waals surface area (Å²) in [4.78, 5) is 30.3. The van der Waals surface area contributed by atoms with Crippen molar-refractivity contribution in [1.82, 2.24) is 13.7 Å². The van der Waals surface area contributed by atoms with E-state index >= 15 is 0 Å². The van der Waals surface area contributed by atoms with Crippen LogP contribution in [0.2, 0.25) is 0 Å². The van der Waals surface area contributed by atoms with Gasteiger partial charge in [-0.25, -0.2) is 18.2 Å². The molecule has 5 rings (SSSR count). The second-order valence-corrected chi connectivity index (χ2v) is 10.8. The highest BCUT2D eigenvalue weighted by Gasteiger charge is 2.26. The van der Waals surface area contributed by atoms with Crippen molar-refractivity contribution in [3.63, 3.8) is 0 Å². The third kappa shape index (κ3) is 4.17. The van der Waals surface area contributed by atoms with Crippen molar-refractivity contribution in [3.8, 4) is 0 Å². The number of piperidine rings is 1. The maximum absolute atomic E-state index is 12.9. The van der Waals surface area contributed by atoms with E-state index in [9.17, 15) is 18.0 Å². The Kier molecular flexibility index (Phi) is 5.73. The molecule has 0 amide bonds. The summed E-state index contributed by atoms with van der Waals surface area (Å²) in [6.45, 7) is 0.777. The fraction of sp³-hybridized carbons (Fsp3) is 0.261. The van der Waals surface area contributed by atoms with E-state index in [0.29, 0.717) is 23.7 Å². The van der Waals surface area contributed by atoms with Gasteiger partial charge in [0, 0.05) is 19.2 Å². The van der Waals surface area contributed by atoms with Crippen LogP contribution < -0.4 is 5.56 Å². The third-order valence-corrected chi connectivity index (χ3v) is 8.54. The molecule has 0 atom stereocenters. The maximum atomic E-state index is 12.9. The zero-order chi connectivity index (χ0) is 23.0. The van der Waals surface area contributed by atoms with Gasteiger partial charge in [0.1, 0.15) is 6.61 Å². The van der Waals surface area contributed by atoms with Gasteiger partial charge in [-0.15, -0.1) is 0 Å². The molecule has 0 N–H and O–H groups in total. The Balaban J connectivity index is 1.35. The molecule has 0 spiro atoms. The van der Waals surface area contributed by atoms with Gasteiger partial charge in [0.15, 0.2) is 4.96 Å². The normalized spacial score (nSPS) is 15.2. The summed E-state index contributed by atoms with van der Waals surface area (Å²) < 4.78 is 35.1. The number of para-hydroxylation sites is 1. The Morgan fingerprint density at radius 3 is 2.64 bits per heavy atom. The number of esters is 1. The fourth-order valence-electron chi connectivity index (χ4n) is 3.96. The van der Waals surface area contributed by atoms with Crippen LogP contribution in [-0.2, 0) is 21.4 Å². The molecule has 0 saturated carbocycles. The largest absolute Gasteiger partial charge is 0.456 e. The standard InChI is InChI=1S/C23H21N3O5S2/c27-21-14-17(24-23-26(21)19-9-2-3-10-20(19)32-23)15-31-22(28)16-7-6-8-18(13-16)33(29,30)25-11-4-1-5-12-25/h2-3,6-10,13-14H,1,4-5,11-12,15H2. The number of nitrogens with zero attached hydrogens (tertiary/aromatic N) is 3. The van der Waals surface area contributed by atoms with Crippen molar-refractivity contribution in [1.29, 1.82) is 0 Å². The Labute approximate surface area is 194 Å². The lowest BCUT2D eigenvalue weighted by Crippen LogP contribution is -2.35. The zero-order valence-corrected chi connectivity index (χ0v) is 19.3. The number of thiazole rings is 1. The average molecular weight is 484 g/mol. The third-order valence-electron chi connectivity index (χ3n) is 5.62. The van der Waals surface area contributed by atoms with Crippen LogP contribution in [0.3, 0.4) is 0 Å². The Morgan fingerprint density at radius 2 is 1.82 bits per heavy atom. The first-order chi connectivity index (χ1) is 15.9. The molecular formula is C23H21N3O5S2. The van der Waals surface area contributed by atoms with Gasteiger partial charge in [-0.2, -0.15) is 4.31 Å². The summed E-state index contributed by atoms with van der Waals surface area (Å²) in [5, 5.41) is 0. The van der Waals surface area contributed by atoms with Crippen LogP contribution in [-0.4, -0.2) is 41.2 Å². The number of fused-ring (bicyclic) bond motifs is 3. The molecule has 2 aromatic heterocycles. The number of rotatable bonds is 5. The predicted octanol–water partition coefficient (Wildman–Crippen LogP) is 3.44. The van der Waals surface area contributed by atoms with Gasteiger partial charge in [-0.05, 0) is 43.2 Å². The van der Waals surface area contributed by atoms with E-state index in [1.165, 1.54) is 50.4 Å². The highest BCUT2D eigenvalue weighted by molar-refractivity contribution is 7.89. The smallest absolute Gasteiger partial charge is 0.338 e. The Hall–Kier alpha value is -3.08. The van der Waals surface area contributed by atoms with Gasteiger partial charge in [-0.1, -0.05) is 36.0 Å². The molecule has 33 heavy (non-hydrogen) atoms. The SMILES string of the molecule is O=C(OCc1cc(=O)n2c(n1)sc1ccccc12)c1cccc(S(=O)(=O)N2CCCCC2)c1. The van der Waals surface area contributed by atoms with E-state index in [1.54, 1.807) is 0 Å². The highest BCUT2D eigenvalue weighted by Crippen LogP contribution is 2.24. The molecule has 1 fully saturated rings. The zero-order valence-electron chi connectivity index (χ0n) is 17.6. The number of ether oxygens (including phenoxy) is 1. The minimum absolute atomic E-state index is 0.0712. The summed E-state index contributed by atoms with van der Waals surface area (Å²) in [5.74, 6) is -0.677. The van der Waals surface area contributed by atoms with Gasteiger partial charge in [0.25, 0.3) is 5.56 Å². The summed E-state index contributed by atoms with van der Waals surface area (Å²) >= 11 is 1.38. The quantitative estimate of drug-likeness (QED) is 0.403. The molecule has 0 unspecified atom stereocenters. The van der Waals surface area contributed by atoms with Gasteiger partial charge in [0.05, 0.1) is 26.4 Å². The minimum Gasteiger partial charge on any atom is -0.456 e. The van der Waals surface area contributed by atoms with Crippen molar-refractivity contribution < 1.29 is 17.9 Å². The average Bonchev–Trinajstić information content (AvgIpc) is 3.22. The summed E-state index contributed by atoms with van der Waals surface area (Å²) in [5.41, 5.74) is 0.994. The van der Waals surface area contributed by atoms with Gasteiger partial charge >= 0.3 is 5.97 Å². The van der Waals surface area contributed by atoms with Crippen molar-refractivity contribution >= 4 is 42.5 Å². The number of sulfonamides is 1. The molecule has 1 saturated heterocycles. The van der Waals surface area contributed by atoms with Crippen molar-refractivity contribution in [2.24, 2.45) is 0 Å². The first-order valence-electron chi connectivity index (χ1n) is 10.6. The minimum atomic E-state index is -3.66. The van der Waals surface area contributed by atoms with E-state index in [2.05, 4.69) is 4.98 Å². The second kappa shape index (κ2) is 8.69. The molecule has 2 aromatic carbocycles. The van der Waals surface area contributed by atoms with E-state index in [4.69, 9.17) is 4.74 Å². The number of hydrogen-bond donors (Lipinski definition) is 0. The second-order valence-electron chi connectivity index (χ2n) is 7.84. The Bertz CT molecular complexity index is 1520. The van der Waals surface area contributed by atoms with Crippen LogP contribution in [0.4, 0.5) is 0 Å². The number of carbonyl (C=O) groups excluding carboxylic acids is 1. The van der Waals surface area contributed by atoms with Gasteiger partial charge < -0.3 is 4.74 Å². The molecule has 10 heteroatoms. The number of carbonyl (C=O) groups is 1. The number of aromatic nitrogens is 2. The molecule has 3 heterocycles. The lowest BCUT2D eigenvalue weighted by molar-refractivity contribution is 0.0467. The predicted molar refractivity (Wildman–Crippen MR) is 125 cm³/mol. The van der Waals surface area contributed by atoms with E-state index in [-0.39, 0.29) is 22.6 Å². The Morgan fingerprint density at radius 1 is 1.03 bits per heavy atom. The molecule has 0 radical (unpaired) electrons. The molecule has 1 aliphatic heterocycles. The van der Waals surface area contributed by atoms with Crippen molar-refractivity contribution in [2.45, 2.75) is 30.8 Å². The molecule has 170 valence electrons. The topological polar surface area (TPSA) is 98.0 Å². The lowest BCUT2D eigenvalue weighted by atomic mass is 10.2. The van der Waals surface area contributed by atoms with Gasteiger partial charge in [-0.3, -0.25) is 9.20 Å². The van der Waals surface area contributed by atoms with E-state index in [1.807, 2.05) is 24.3 Å². The van der Waals surface area contributed by atoms with Crippen LogP contribution in [0.25, 0.3) is 15.2 Å². The summed E-state index contributed by atoms with van der Waals surface area (Å²) in [6, 6.07) is 14.7. The van der Waals surface area contributed by atoms with Crippen LogP contribution in [0.15, 0.2) is 64.3 Å². The molecule has 8 nitrogen and oxygen atoms in total. The van der Waals surface area contributed by atoms with Crippen LogP contribution >= 0.6 is 11.3 Å². The molecule has 0 aliphatic carbocycles. The first-order valence-corrected chi connectivity index (χ1v) is 12.9. The van der Waals surface area contributed by atoms with Crippen LogP contribution in [0.1, 0.15) is 35.3 Å². The van der Waals surface area contributed by atoms with Crippen molar-refractivity contribution in [2.75, 3.05) is 13.1 Å². The highest BCUT2D eigenvalue weighted by atomic mass is 32.2. The number of benzene rings is 2. The van der Waals surface area contributed by atoms with E-state index in [0.717, 1.165) is 29.5 Å². The van der Waals surface area contributed by atoms with Crippen LogP contribution in [0, 0.1) is 0 Å². The van der Waals surface area contributed by atoms with E-state index < -0.39 is 16.0 Å². The van der Waals surface area contributed by atoms with Gasteiger partial charge in [0.2, 0.25) is 10.0 Å². The maximum Gasteiger partial charge on any atom is 0.338 e. The molecule has 0 bridgehead atoms.